The summed E-state index contributed by atoms with van der Waals surface area (Å²) in [6.07, 6.45) is 5.50. The van der Waals surface area contributed by atoms with Gasteiger partial charge in [-0.2, -0.15) is 0 Å². The van der Waals surface area contributed by atoms with E-state index in [0.717, 1.165) is 37.9 Å². The fourth-order valence-electron chi connectivity index (χ4n) is 3.85. The van der Waals surface area contributed by atoms with E-state index in [1.807, 2.05) is 66.4 Å². The molecule has 0 saturated carbocycles. The number of hydrogen-bond donors (Lipinski definition) is 0. The van der Waals surface area contributed by atoms with E-state index in [9.17, 15) is 9.59 Å². The fourth-order valence-corrected chi connectivity index (χ4v) is 3.85. The van der Waals surface area contributed by atoms with Crippen LogP contribution < -0.4 is 5.56 Å². The average Bonchev–Trinajstić information content (AvgIpc) is 2.78. The van der Waals surface area contributed by atoms with E-state index in [4.69, 9.17) is 4.98 Å². The highest BCUT2D eigenvalue weighted by atomic mass is 16.2. The molecule has 1 fully saturated rings. The minimum absolute atomic E-state index is 0.109. The number of carbonyl (C=O) groups is 1. The van der Waals surface area contributed by atoms with E-state index in [2.05, 4.69) is 0 Å². The molecule has 0 bridgehead atoms. The molecule has 0 spiro atoms. The first-order valence-electron chi connectivity index (χ1n) is 10.3. The number of rotatable bonds is 4. The second kappa shape index (κ2) is 8.43. The number of fused-ring (bicyclic) bond motifs is 1. The van der Waals surface area contributed by atoms with Crippen LogP contribution in [0.5, 0.6) is 0 Å². The van der Waals surface area contributed by atoms with Gasteiger partial charge in [0.1, 0.15) is 11.5 Å². The zero-order valence-electron chi connectivity index (χ0n) is 16.7. The first-order valence-corrected chi connectivity index (χ1v) is 10.3. The maximum Gasteiger partial charge on any atom is 0.271 e. The molecule has 29 heavy (non-hydrogen) atoms. The molecule has 4 rings (SSSR count). The van der Waals surface area contributed by atoms with Crippen LogP contribution in [0.2, 0.25) is 0 Å². The van der Waals surface area contributed by atoms with Crippen LogP contribution in [0.3, 0.4) is 0 Å². The maximum absolute atomic E-state index is 13.5. The van der Waals surface area contributed by atoms with Gasteiger partial charge in [-0.05, 0) is 43.0 Å². The Kier molecular flexibility index (Phi) is 5.56. The molecule has 5 nitrogen and oxygen atoms in total. The molecular weight excluding hydrogens is 362 g/mol. The molecule has 1 aliphatic heterocycles. The van der Waals surface area contributed by atoms with Gasteiger partial charge in [-0.25, -0.2) is 4.98 Å². The van der Waals surface area contributed by atoms with Crippen LogP contribution in [-0.2, 0) is 11.2 Å². The van der Waals surface area contributed by atoms with Crippen molar-refractivity contribution in [2.75, 3.05) is 13.1 Å². The topological polar surface area (TPSA) is 55.2 Å². The Balaban J connectivity index is 1.94. The van der Waals surface area contributed by atoms with Crippen LogP contribution in [0.4, 0.5) is 0 Å². The maximum atomic E-state index is 13.5. The van der Waals surface area contributed by atoms with E-state index in [0.29, 0.717) is 28.8 Å². The lowest BCUT2D eigenvalue weighted by atomic mass is 10.1. The highest BCUT2D eigenvalue weighted by molar-refractivity contribution is 6.18. The minimum Gasteiger partial charge on any atom is -0.337 e. The van der Waals surface area contributed by atoms with Crippen molar-refractivity contribution in [2.45, 2.75) is 32.6 Å². The van der Waals surface area contributed by atoms with Crippen LogP contribution in [-0.4, -0.2) is 33.4 Å². The number of piperidine rings is 1. The largest absolute Gasteiger partial charge is 0.337 e. The van der Waals surface area contributed by atoms with Crippen LogP contribution >= 0.6 is 0 Å². The lowest BCUT2D eigenvalue weighted by molar-refractivity contribution is -0.126. The van der Waals surface area contributed by atoms with E-state index >= 15 is 0 Å². The van der Waals surface area contributed by atoms with Crippen molar-refractivity contribution in [1.29, 1.82) is 0 Å². The zero-order chi connectivity index (χ0) is 20.2. The highest BCUT2D eigenvalue weighted by Crippen LogP contribution is 2.20. The third kappa shape index (κ3) is 3.86. The minimum atomic E-state index is -0.194. The summed E-state index contributed by atoms with van der Waals surface area (Å²) in [6, 6.07) is 17.0. The second-order valence-corrected chi connectivity index (χ2v) is 7.33. The monoisotopic (exact) mass is 387 g/mol. The quantitative estimate of drug-likeness (QED) is 0.637. The van der Waals surface area contributed by atoms with Crippen molar-refractivity contribution in [3.8, 4) is 0 Å². The summed E-state index contributed by atoms with van der Waals surface area (Å²) in [7, 11) is 0. The molecule has 1 saturated heterocycles. The number of likely N-dealkylation sites (tertiary alicyclic amines) is 1. The molecule has 0 unspecified atom stereocenters. The molecule has 0 radical (unpaired) electrons. The van der Waals surface area contributed by atoms with Gasteiger partial charge >= 0.3 is 0 Å². The van der Waals surface area contributed by atoms with Gasteiger partial charge in [-0.1, -0.05) is 49.4 Å². The van der Waals surface area contributed by atoms with Crippen molar-refractivity contribution in [2.24, 2.45) is 0 Å². The predicted octanol–water partition coefficient (Wildman–Crippen LogP) is 3.97. The van der Waals surface area contributed by atoms with Gasteiger partial charge in [0, 0.05) is 19.5 Å². The number of nitrogens with zero attached hydrogens (tertiary/aromatic N) is 3. The van der Waals surface area contributed by atoms with Gasteiger partial charge in [0.05, 0.1) is 10.9 Å². The van der Waals surface area contributed by atoms with Crippen molar-refractivity contribution in [3.63, 3.8) is 0 Å². The Hall–Kier alpha value is -3.21. The van der Waals surface area contributed by atoms with Gasteiger partial charge < -0.3 is 4.90 Å². The lowest BCUT2D eigenvalue weighted by Gasteiger charge is -2.28. The molecule has 2 aromatic carbocycles. The summed E-state index contributed by atoms with van der Waals surface area (Å²) >= 11 is 0. The standard InChI is InChI=1S/C24H25N3O2/c1-2-22-25-20-14-8-7-13-19(20)23(28)27(22)21(17-18-11-5-3-6-12-18)24(29)26-15-9-4-10-16-26/h3,5-8,11-14,17H,2,4,9-10,15-16H2,1H3/b21-17+. The number of aryl methyl sites for hydroxylation is 1. The van der Waals surface area contributed by atoms with Crippen LogP contribution in [0.25, 0.3) is 22.7 Å². The van der Waals surface area contributed by atoms with E-state index in [-0.39, 0.29) is 11.5 Å². The van der Waals surface area contributed by atoms with Crippen LogP contribution in [0.1, 0.15) is 37.6 Å². The molecule has 1 aromatic heterocycles. The Morgan fingerprint density at radius 1 is 1.00 bits per heavy atom. The second-order valence-electron chi connectivity index (χ2n) is 7.33. The third-order valence-electron chi connectivity index (χ3n) is 5.37. The summed E-state index contributed by atoms with van der Waals surface area (Å²) in [5.41, 5.74) is 1.73. The van der Waals surface area contributed by atoms with Crippen LogP contribution in [0, 0.1) is 0 Å². The molecule has 0 N–H and O–H groups in total. The van der Waals surface area contributed by atoms with Crippen molar-refractivity contribution < 1.29 is 4.79 Å². The third-order valence-corrected chi connectivity index (χ3v) is 5.37. The Morgan fingerprint density at radius 2 is 1.69 bits per heavy atom. The average molecular weight is 387 g/mol. The molecule has 0 aliphatic carbocycles. The first kappa shape index (κ1) is 19.1. The fraction of sp³-hybridized carbons (Fsp3) is 0.292. The summed E-state index contributed by atoms with van der Waals surface area (Å²) in [5.74, 6) is 0.490. The summed E-state index contributed by atoms with van der Waals surface area (Å²) in [6.45, 7) is 3.41. The SMILES string of the molecule is CCc1nc2ccccc2c(=O)n1/C(=C/c1ccccc1)C(=O)N1CCCCC1. The van der Waals surface area contributed by atoms with Crippen LogP contribution in [0.15, 0.2) is 59.4 Å². The van der Waals surface area contributed by atoms with Crippen molar-refractivity contribution in [1.82, 2.24) is 14.5 Å². The first-order chi connectivity index (χ1) is 14.2. The van der Waals surface area contributed by atoms with Gasteiger partial charge in [0.2, 0.25) is 0 Å². The molecule has 2 heterocycles. The Labute approximate surface area is 170 Å². The van der Waals surface area contributed by atoms with E-state index in [1.54, 1.807) is 6.07 Å². The van der Waals surface area contributed by atoms with Gasteiger partial charge in [-0.15, -0.1) is 0 Å². The normalized spacial score (nSPS) is 14.9. The van der Waals surface area contributed by atoms with Gasteiger partial charge in [0.15, 0.2) is 0 Å². The van der Waals surface area contributed by atoms with Gasteiger partial charge in [0.25, 0.3) is 11.5 Å². The van der Waals surface area contributed by atoms with Crippen molar-refractivity contribution >= 4 is 28.6 Å². The Bertz CT molecular complexity index is 1110. The zero-order valence-corrected chi connectivity index (χ0v) is 16.7. The van der Waals surface area contributed by atoms with E-state index < -0.39 is 0 Å². The molecule has 1 amide bonds. The number of benzene rings is 2. The summed E-state index contributed by atoms with van der Waals surface area (Å²) in [4.78, 5) is 33.5. The molecule has 148 valence electrons. The predicted molar refractivity (Wildman–Crippen MR) is 116 cm³/mol. The molecule has 1 aliphatic rings. The highest BCUT2D eigenvalue weighted by Gasteiger charge is 2.25. The number of hydrogen-bond acceptors (Lipinski definition) is 3. The number of aromatic nitrogens is 2. The number of carbonyl (C=O) groups excluding carboxylic acids is 1. The van der Waals surface area contributed by atoms with Crippen molar-refractivity contribution in [3.05, 3.63) is 76.3 Å². The Morgan fingerprint density at radius 3 is 2.41 bits per heavy atom. The molecule has 5 heteroatoms. The molecular formula is C24H25N3O2. The number of para-hydroxylation sites is 1. The van der Waals surface area contributed by atoms with E-state index in [1.165, 1.54) is 4.57 Å². The lowest BCUT2D eigenvalue weighted by Crippen LogP contribution is -2.39. The van der Waals surface area contributed by atoms with Gasteiger partial charge in [-0.3, -0.25) is 14.2 Å². The molecule has 0 atom stereocenters. The molecule has 3 aromatic rings. The smallest absolute Gasteiger partial charge is 0.271 e. The summed E-state index contributed by atoms with van der Waals surface area (Å²) < 4.78 is 1.52. The number of amides is 1. The summed E-state index contributed by atoms with van der Waals surface area (Å²) in [5, 5.41) is 0.523.